The average molecular weight is 493 g/mol. The molecule has 1 heterocycles. The van der Waals surface area contributed by atoms with Crippen LogP contribution in [0, 0.1) is 0 Å². The maximum Gasteiger partial charge on any atom is 0.243 e. The highest BCUT2D eigenvalue weighted by Crippen LogP contribution is 2.31. The van der Waals surface area contributed by atoms with Crippen molar-refractivity contribution < 1.29 is 19.1 Å². The van der Waals surface area contributed by atoms with Gasteiger partial charge in [-0.05, 0) is 62.1 Å². The molecule has 33 heavy (non-hydrogen) atoms. The Morgan fingerprint density at radius 3 is 2.45 bits per heavy atom. The van der Waals surface area contributed by atoms with Gasteiger partial charge < -0.3 is 19.7 Å². The summed E-state index contributed by atoms with van der Waals surface area (Å²) in [6.07, 6.45) is 1.25. The Morgan fingerprint density at radius 2 is 1.79 bits per heavy atom. The molecule has 8 heteroatoms. The lowest BCUT2D eigenvalue weighted by Gasteiger charge is -2.31. The highest BCUT2D eigenvalue weighted by Gasteiger charge is 2.29. The van der Waals surface area contributed by atoms with E-state index < -0.39 is 6.04 Å². The second kappa shape index (κ2) is 11.6. The number of halogens is 2. The third-order valence-electron chi connectivity index (χ3n) is 5.41. The van der Waals surface area contributed by atoms with Crippen molar-refractivity contribution in [2.24, 2.45) is 0 Å². The normalized spacial score (nSPS) is 13.5. The Labute approximate surface area is 205 Å². The molecule has 0 fully saturated rings. The molecule has 0 aromatic heterocycles. The molecule has 1 aliphatic rings. The molecule has 1 N–H and O–H groups in total. The molecule has 0 aliphatic carbocycles. The van der Waals surface area contributed by atoms with E-state index in [1.54, 1.807) is 23.1 Å². The maximum atomic E-state index is 13.4. The molecule has 0 radical (unpaired) electrons. The van der Waals surface area contributed by atoms with Crippen LogP contribution in [0.2, 0.25) is 10.0 Å². The average Bonchev–Trinajstić information content (AvgIpc) is 2.78. The minimum Gasteiger partial charge on any atom is -0.486 e. The van der Waals surface area contributed by atoms with E-state index in [4.69, 9.17) is 32.7 Å². The molecular formula is C25H30Cl2N2O4. The first kappa shape index (κ1) is 25.2. The summed E-state index contributed by atoms with van der Waals surface area (Å²) >= 11 is 12.4. The standard InChI is InChI=1S/C25H30Cl2N2O4/c1-4-21(25(31)28-16(2)3)29(15-18-7-8-19(26)14-20(18)27)24(30)10-6-17-5-9-22-23(13-17)33-12-11-32-22/h5,7-9,13-14,16,21H,4,6,10-12,15H2,1-3H3,(H,28,31)/t21-/m0/s1. The predicted octanol–water partition coefficient (Wildman–Crippen LogP) is 5.03. The lowest BCUT2D eigenvalue weighted by atomic mass is 10.1. The van der Waals surface area contributed by atoms with Crippen LogP contribution in [0.3, 0.4) is 0 Å². The number of rotatable bonds is 9. The molecular weight excluding hydrogens is 463 g/mol. The Hall–Kier alpha value is -2.44. The number of carbonyl (C=O) groups excluding carboxylic acids is 2. The van der Waals surface area contributed by atoms with Crippen LogP contribution in [0.1, 0.15) is 44.7 Å². The van der Waals surface area contributed by atoms with Crippen LogP contribution in [0.25, 0.3) is 0 Å². The Bertz CT molecular complexity index is 996. The fourth-order valence-corrected chi connectivity index (χ4v) is 4.24. The number of fused-ring (bicyclic) bond motifs is 1. The first-order valence-electron chi connectivity index (χ1n) is 11.2. The lowest BCUT2D eigenvalue weighted by molar-refractivity contribution is -0.141. The first-order chi connectivity index (χ1) is 15.8. The van der Waals surface area contributed by atoms with Crippen LogP contribution in [0.4, 0.5) is 0 Å². The summed E-state index contributed by atoms with van der Waals surface area (Å²) in [6, 6.07) is 10.2. The van der Waals surface area contributed by atoms with Crippen molar-refractivity contribution >= 4 is 35.0 Å². The number of hydrogen-bond donors (Lipinski definition) is 1. The molecule has 2 amide bonds. The molecule has 1 atom stereocenters. The Kier molecular flexibility index (Phi) is 8.87. The van der Waals surface area contributed by atoms with Crippen molar-refractivity contribution in [3.8, 4) is 11.5 Å². The van der Waals surface area contributed by atoms with E-state index in [-0.39, 0.29) is 30.8 Å². The van der Waals surface area contributed by atoms with E-state index in [2.05, 4.69) is 5.32 Å². The van der Waals surface area contributed by atoms with Gasteiger partial charge in [-0.25, -0.2) is 0 Å². The molecule has 3 rings (SSSR count). The van der Waals surface area contributed by atoms with E-state index in [9.17, 15) is 9.59 Å². The summed E-state index contributed by atoms with van der Waals surface area (Å²) in [4.78, 5) is 27.9. The van der Waals surface area contributed by atoms with Gasteiger partial charge in [-0.3, -0.25) is 9.59 Å². The van der Waals surface area contributed by atoms with Gasteiger partial charge in [-0.2, -0.15) is 0 Å². The summed E-state index contributed by atoms with van der Waals surface area (Å²) in [5.41, 5.74) is 1.71. The van der Waals surface area contributed by atoms with Crippen LogP contribution >= 0.6 is 23.2 Å². The third-order valence-corrected chi connectivity index (χ3v) is 5.99. The molecule has 6 nitrogen and oxygen atoms in total. The van der Waals surface area contributed by atoms with Gasteiger partial charge in [0.15, 0.2) is 11.5 Å². The summed E-state index contributed by atoms with van der Waals surface area (Å²) in [5, 5.41) is 3.91. The molecule has 1 aliphatic heterocycles. The maximum absolute atomic E-state index is 13.4. The van der Waals surface area contributed by atoms with Gasteiger partial charge in [0.05, 0.1) is 0 Å². The van der Waals surface area contributed by atoms with Crippen LogP contribution in [0.15, 0.2) is 36.4 Å². The molecule has 0 spiro atoms. The van der Waals surface area contributed by atoms with E-state index in [1.165, 1.54) is 0 Å². The van der Waals surface area contributed by atoms with E-state index >= 15 is 0 Å². The third kappa shape index (κ3) is 6.78. The van der Waals surface area contributed by atoms with Crippen molar-refractivity contribution in [2.75, 3.05) is 13.2 Å². The molecule has 0 unspecified atom stereocenters. The molecule has 0 bridgehead atoms. The van der Waals surface area contributed by atoms with Gasteiger partial charge in [-0.15, -0.1) is 0 Å². The minimum absolute atomic E-state index is 0.0275. The summed E-state index contributed by atoms with van der Waals surface area (Å²) in [6.45, 7) is 6.95. The van der Waals surface area contributed by atoms with E-state index in [0.29, 0.717) is 47.6 Å². The number of nitrogens with zero attached hydrogens (tertiary/aromatic N) is 1. The van der Waals surface area contributed by atoms with Gasteiger partial charge in [0.25, 0.3) is 0 Å². The topological polar surface area (TPSA) is 67.9 Å². The number of nitrogens with one attached hydrogen (secondary N) is 1. The highest BCUT2D eigenvalue weighted by molar-refractivity contribution is 6.35. The monoisotopic (exact) mass is 492 g/mol. The molecule has 2 aromatic carbocycles. The number of aryl methyl sites for hydroxylation is 1. The SMILES string of the molecule is CC[C@@H](C(=O)NC(C)C)N(Cc1ccc(Cl)cc1Cl)C(=O)CCc1ccc2c(c1)OCCO2. The van der Waals surface area contributed by atoms with Crippen molar-refractivity contribution in [2.45, 2.75) is 58.7 Å². The van der Waals surface area contributed by atoms with E-state index in [0.717, 1.165) is 11.1 Å². The Balaban J connectivity index is 1.79. The van der Waals surface area contributed by atoms with Crippen molar-refractivity contribution in [3.05, 3.63) is 57.6 Å². The van der Waals surface area contributed by atoms with Gasteiger partial charge in [0.2, 0.25) is 11.8 Å². The Morgan fingerprint density at radius 1 is 1.06 bits per heavy atom. The number of carbonyl (C=O) groups is 2. The van der Waals surface area contributed by atoms with Gasteiger partial charge in [0, 0.05) is 29.1 Å². The predicted molar refractivity (Wildman–Crippen MR) is 130 cm³/mol. The largest absolute Gasteiger partial charge is 0.486 e. The van der Waals surface area contributed by atoms with Crippen molar-refractivity contribution in [1.82, 2.24) is 10.2 Å². The van der Waals surface area contributed by atoms with Crippen LogP contribution in [0.5, 0.6) is 11.5 Å². The zero-order valence-electron chi connectivity index (χ0n) is 19.2. The number of amides is 2. The smallest absolute Gasteiger partial charge is 0.243 e. The van der Waals surface area contributed by atoms with Gasteiger partial charge in [0.1, 0.15) is 19.3 Å². The van der Waals surface area contributed by atoms with E-state index in [1.807, 2.05) is 39.0 Å². The second-order valence-corrected chi connectivity index (χ2v) is 9.17. The minimum atomic E-state index is -0.605. The molecule has 178 valence electrons. The van der Waals surface area contributed by atoms with Crippen LogP contribution in [-0.4, -0.2) is 42.0 Å². The summed E-state index contributed by atoms with van der Waals surface area (Å²) in [7, 11) is 0. The fraction of sp³-hybridized carbons (Fsp3) is 0.440. The molecule has 0 saturated heterocycles. The number of ether oxygens (including phenoxy) is 2. The lowest BCUT2D eigenvalue weighted by Crippen LogP contribution is -2.50. The van der Waals surface area contributed by atoms with Gasteiger partial charge >= 0.3 is 0 Å². The highest BCUT2D eigenvalue weighted by atomic mass is 35.5. The fourth-order valence-electron chi connectivity index (χ4n) is 3.77. The molecule has 0 saturated carbocycles. The van der Waals surface area contributed by atoms with Gasteiger partial charge in [-0.1, -0.05) is 42.3 Å². The summed E-state index contributed by atoms with van der Waals surface area (Å²) < 4.78 is 11.2. The van der Waals surface area contributed by atoms with Crippen molar-refractivity contribution in [3.63, 3.8) is 0 Å². The first-order valence-corrected chi connectivity index (χ1v) is 12.0. The summed E-state index contributed by atoms with van der Waals surface area (Å²) in [5.74, 6) is 1.11. The second-order valence-electron chi connectivity index (χ2n) is 8.32. The number of benzene rings is 2. The molecule has 2 aromatic rings. The van der Waals surface area contributed by atoms with Crippen LogP contribution in [-0.2, 0) is 22.6 Å². The quantitative estimate of drug-likeness (QED) is 0.532. The number of hydrogen-bond acceptors (Lipinski definition) is 4. The van der Waals surface area contributed by atoms with Crippen molar-refractivity contribution in [1.29, 1.82) is 0 Å². The van der Waals surface area contributed by atoms with Crippen LogP contribution < -0.4 is 14.8 Å². The zero-order valence-corrected chi connectivity index (χ0v) is 20.7. The zero-order chi connectivity index (χ0) is 24.0.